The van der Waals surface area contributed by atoms with Gasteiger partial charge in [0.05, 0.1) is 5.69 Å². The van der Waals surface area contributed by atoms with Crippen LogP contribution >= 0.6 is 12.2 Å². The van der Waals surface area contributed by atoms with Crippen molar-refractivity contribution < 1.29 is 0 Å². The minimum atomic E-state index is 0.472. The molecule has 1 aromatic rings. The third kappa shape index (κ3) is 3.12. The van der Waals surface area contributed by atoms with E-state index in [1.165, 1.54) is 0 Å². The molecule has 0 radical (unpaired) electrons. The molecule has 0 aliphatic carbocycles. The number of thiocarbonyl (C=S) groups is 1. The predicted octanol–water partition coefficient (Wildman–Crippen LogP) is 1.07. The molecular weight excluding hydrogens is 194 g/mol. The number of hydrogen-bond acceptors (Lipinski definition) is 2. The number of nitrogens with two attached hydrogens (primary N) is 1. The Morgan fingerprint density at radius 2 is 2.29 bits per heavy atom. The molecule has 0 saturated heterocycles. The zero-order valence-corrected chi connectivity index (χ0v) is 9.55. The van der Waals surface area contributed by atoms with Crippen LogP contribution in [0.4, 0.5) is 0 Å². The van der Waals surface area contributed by atoms with Gasteiger partial charge in [0.1, 0.15) is 4.99 Å². The van der Waals surface area contributed by atoms with E-state index < -0.39 is 0 Å². The van der Waals surface area contributed by atoms with E-state index in [2.05, 4.69) is 23.6 Å². The van der Waals surface area contributed by atoms with E-state index in [-0.39, 0.29) is 0 Å². The highest BCUT2D eigenvalue weighted by Crippen LogP contribution is 2.03. The number of aryl methyl sites for hydroxylation is 1. The van der Waals surface area contributed by atoms with Crippen LogP contribution in [0.15, 0.2) is 18.3 Å². The molecule has 4 heteroatoms. The van der Waals surface area contributed by atoms with Gasteiger partial charge in [0.15, 0.2) is 0 Å². The van der Waals surface area contributed by atoms with Gasteiger partial charge in [-0.1, -0.05) is 12.2 Å². The van der Waals surface area contributed by atoms with E-state index in [1.54, 1.807) is 0 Å². The van der Waals surface area contributed by atoms with Gasteiger partial charge < -0.3 is 15.2 Å². The second-order valence-electron chi connectivity index (χ2n) is 3.61. The molecule has 0 bridgehead atoms. The smallest absolute Gasteiger partial charge is 0.120 e. The van der Waals surface area contributed by atoms with Crippen molar-refractivity contribution in [2.45, 2.75) is 13.0 Å². The summed E-state index contributed by atoms with van der Waals surface area (Å²) < 4.78 is 2.10. The Morgan fingerprint density at radius 3 is 2.86 bits per heavy atom. The van der Waals surface area contributed by atoms with Gasteiger partial charge in [0.2, 0.25) is 0 Å². The highest BCUT2D eigenvalue weighted by atomic mass is 32.1. The lowest BCUT2D eigenvalue weighted by atomic mass is 10.3. The Labute approximate surface area is 90.5 Å². The van der Waals surface area contributed by atoms with Gasteiger partial charge in [-0.05, 0) is 39.2 Å². The van der Waals surface area contributed by atoms with Gasteiger partial charge in [0, 0.05) is 12.7 Å². The summed E-state index contributed by atoms with van der Waals surface area (Å²) in [6.07, 6.45) is 3.13. The van der Waals surface area contributed by atoms with E-state index in [9.17, 15) is 0 Å². The fourth-order valence-corrected chi connectivity index (χ4v) is 1.58. The van der Waals surface area contributed by atoms with Crippen LogP contribution in [-0.4, -0.2) is 35.1 Å². The maximum atomic E-state index is 5.59. The second-order valence-corrected chi connectivity index (χ2v) is 4.05. The molecule has 0 spiro atoms. The van der Waals surface area contributed by atoms with Crippen molar-refractivity contribution in [1.29, 1.82) is 0 Å². The summed E-state index contributed by atoms with van der Waals surface area (Å²) in [7, 11) is 4.15. The average Bonchev–Trinajstić information content (AvgIpc) is 2.51. The Kier molecular flexibility index (Phi) is 4.10. The summed E-state index contributed by atoms with van der Waals surface area (Å²) in [4.78, 5) is 2.64. The average molecular weight is 211 g/mol. The SMILES string of the molecule is CN(C)CCCn1cccc1C(N)=S. The monoisotopic (exact) mass is 211 g/mol. The van der Waals surface area contributed by atoms with Crippen LogP contribution in [0.5, 0.6) is 0 Å². The van der Waals surface area contributed by atoms with Crippen LogP contribution in [0.25, 0.3) is 0 Å². The maximum absolute atomic E-state index is 5.59. The summed E-state index contributed by atoms with van der Waals surface area (Å²) >= 11 is 4.95. The Bertz CT molecular complexity index is 304. The third-order valence-electron chi connectivity index (χ3n) is 2.09. The molecule has 0 aliphatic rings. The van der Waals surface area contributed by atoms with Crippen LogP contribution in [-0.2, 0) is 6.54 Å². The van der Waals surface area contributed by atoms with Crippen molar-refractivity contribution in [3.05, 3.63) is 24.0 Å². The first kappa shape index (κ1) is 11.2. The molecule has 0 aromatic carbocycles. The molecule has 2 N–H and O–H groups in total. The Hall–Kier alpha value is -0.870. The van der Waals surface area contributed by atoms with E-state index in [0.29, 0.717) is 4.99 Å². The summed E-state index contributed by atoms with van der Waals surface area (Å²) in [5.74, 6) is 0. The van der Waals surface area contributed by atoms with Crippen LogP contribution < -0.4 is 5.73 Å². The molecule has 3 nitrogen and oxygen atoms in total. The zero-order chi connectivity index (χ0) is 10.6. The van der Waals surface area contributed by atoms with Crippen LogP contribution in [0.1, 0.15) is 12.1 Å². The molecule has 0 fully saturated rings. The lowest BCUT2D eigenvalue weighted by molar-refractivity contribution is 0.386. The van der Waals surface area contributed by atoms with Crippen molar-refractivity contribution in [3.63, 3.8) is 0 Å². The van der Waals surface area contributed by atoms with Crippen molar-refractivity contribution in [1.82, 2.24) is 9.47 Å². The molecule has 78 valence electrons. The fourth-order valence-electron chi connectivity index (χ4n) is 1.39. The van der Waals surface area contributed by atoms with Gasteiger partial charge in [-0.2, -0.15) is 0 Å². The molecule has 1 aromatic heterocycles. The van der Waals surface area contributed by atoms with Gasteiger partial charge in [-0.25, -0.2) is 0 Å². The summed E-state index contributed by atoms with van der Waals surface area (Å²) in [6.45, 7) is 2.05. The number of rotatable bonds is 5. The fraction of sp³-hybridized carbons (Fsp3) is 0.500. The molecule has 0 aliphatic heterocycles. The minimum absolute atomic E-state index is 0.472. The number of aromatic nitrogens is 1. The van der Waals surface area contributed by atoms with Gasteiger partial charge >= 0.3 is 0 Å². The summed E-state index contributed by atoms with van der Waals surface area (Å²) in [6, 6.07) is 3.93. The van der Waals surface area contributed by atoms with Crippen LogP contribution in [0.2, 0.25) is 0 Å². The highest BCUT2D eigenvalue weighted by molar-refractivity contribution is 7.80. The molecule has 0 unspecified atom stereocenters. The van der Waals surface area contributed by atoms with Crippen molar-refractivity contribution in [3.8, 4) is 0 Å². The highest BCUT2D eigenvalue weighted by Gasteiger charge is 2.02. The third-order valence-corrected chi connectivity index (χ3v) is 2.30. The van der Waals surface area contributed by atoms with E-state index in [1.807, 2.05) is 18.3 Å². The predicted molar refractivity (Wildman–Crippen MR) is 63.5 cm³/mol. The van der Waals surface area contributed by atoms with E-state index in [4.69, 9.17) is 18.0 Å². The zero-order valence-electron chi connectivity index (χ0n) is 8.73. The quantitative estimate of drug-likeness (QED) is 0.740. The van der Waals surface area contributed by atoms with E-state index >= 15 is 0 Å². The molecular formula is C10H17N3S. The van der Waals surface area contributed by atoms with Gasteiger partial charge in [-0.15, -0.1) is 0 Å². The van der Waals surface area contributed by atoms with Gasteiger partial charge in [0.25, 0.3) is 0 Å². The standard InChI is InChI=1S/C10H17N3S/c1-12(2)6-4-8-13-7-3-5-9(13)10(11)14/h3,5,7H,4,6,8H2,1-2H3,(H2,11,14). The number of nitrogens with zero attached hydrogens (tertiary/aromatic N) is 2. The first-order valence-corrected chi connectivity index (χ1v) is 5.12. The largest absolute Gasteiger partial charge is 0.388 e. The molecule has 1 rings (SSSR count). The normalized spacial score (nSPS) is 10.8. The molecule has 0 atom stereocenters. The Balaban J connectivity index is 2.50. The Morgan fingerprint density at radius 1 is 1.57 bits per heavy atom. The van der Waals surface area contributed by atoms with Crippen molar-refractivity contribution in [2.24, 2.45) is 5.73 Å². The summed E-state index contributed by atoms with van der Waals surface area (Å²) in [5.41, 5.74) is 6.55. The van der Waals surface area contributed by atoms with Crippen molar-refractivity contribution >= 4 is 17.2 Å². The van der Waals surface area contributed by atoms with Crippen molar-refractivity contribution in [2.75, 3.05) is 20.6 Å². The lowest BCUT2D eigenvalue weighted by Crippen LogP contribution is -2.18. The van der Waals surface area contributed by atoms with Crippen LogP contribution in [0, 0.1) is 0 Å². The number of hydrogen-bond donors (Lipinski definition) is 1. The second kappa shape index (κ2) is 5.12. The lowest BCUT2D eigenvalue weighted by Gasteiger charge is -2.11. The minimum Gasteiger partial charge on any atom is -0.388 e. The maximum Gasteiger partial charge on any atom is 0.120 e. The first-order valence-electron chi connectivity index (χ1n) is 4.71. The molecule has 1 heterocycles. The first-order chi connectivity index (χ1) is 6.61. The molecule has 0 amide bonds. The van der Waals surface area contributed by atoms with E-state index in [0.717, 1.165) is 25.2 Å². The summed E-state index contributed by atoms with van der Waals surface area (Å²) in [5, 5.41) is 0. The van der Waals surface area contributed by atoms with Crippen LogP contribution in [0.3, 0.4) is 0 Å². The molecule has 0 saturated carbocycles. The van der Waals surface area contributed by atoms with Gasteiger partial charge in [-0.3, -0.25) is 0 Å². The molecule has 14 heavy (non-hydrogen) atoms. The topological polar surface area (TPSA) is 34.2 Å².